The third-order valence-corrected chi connectivity index (χ3v) is 5.47. The monoisotopic (exact) mass is 369 g/mol. The first-order valence-electron chi connectivity index (χ1n) is 8.53. The molecule has 26 heavy (non-hydrogen) atoms. The number of aromatic nitrogens is 3. The van der Waals surface area contributed by atoms with E-state index >= 15 is 0 Å². The van der Waals surface area contributed by atoms with E-state index < -0.39 is 0 Å². The highest BCUT2D eigenvalue weighted by atomic mass is 32.1. The van der Waals surface area contributed by atoms with Crippen LogP contribution in [0.2, 0.25) is 0 Å². The van der Waals surface area contributed by atoms with Crippen molar-refractivity contribution in [1.82, 2.24) is 24.3 Å². The van der Waals surface area contributed by atoms with Crippen LogP contribution in [0.3, 0.4) is 0 Å². The second-order valence-corrected chi connectivity index (χ2v) is 7.21. The van der Waals surface area contributed by atoms with Crippen LogP contribution in [0.4, 0.5) is 0 Å². The molecule has 1 fully saturated rings. The standard InChI is InChI=1S/C18H19N5O2S/c24-16(12-23-13-20-15-4-10-26-17(15)18(23)25)22-8-6-21(7-9-22)11-14-3-1-2-5-19-14/h1-5,10,13H,6-9,11-12H2. The van der Waals surface area contributed by atoms with E-state index in [1.165, 1.54) is 22.2 Å². The lowest BCUT2D eigenvalue weighted by Crippen LogP contribution is -2.49. The van der Waals surface area contributed by atoms with Crippen LogP contribution in [0, 0.1) is 0 Å². The highest BCUT2D eigenvalue weighted by Crippen LogP contribution is 2.13. The quantitative estimate of drug-likeness (QED) is 0.691. The van der Waals surface area contributed by atoms with Crippen molar-refractivity contribution in [1.29, 1.82) is 0 Å². The van der Waals surface area contributed by atoms with Gasteiger partial charge in [0.2, 0.25) is 5.91 Å². The summed E-state index contributed by atoms with van der Waals surface area (Å²) in [7, 11) is 0. The number of pyridine rings is 1. The molecule has 1 amide bonds. The first-order valence-corrected chi connectivity index (χ1v) is 9.41. The Hall–Kier alpha value is -2.58. The zero-order valence-corrected chi connectivity index (χ0v) is 15.1. The second-order valence-electron chi connectivity index (χ2n) is 6.29. The van der Waals surface area contributed by atoms with E-state index in [9.17, 15) is 9.59 Å². The molecular formula is C18H19N5O2S. The van der Waals surface area contributed by atoms with Crippen molar-refractivity contribution in [2.45, 2.75) is 13.1 Å². The van der Waals surface area contributed by atoms with Crippen molar-refractivity contribution >= 4 is 27.5 Å². The Morgan fingerprint density at radius 2 is 1.96 bits per heavy atom. The van der Waals surface area contributed by atoms with Crippen LogP contribution in [0.15, 0.2) is 47.0 Å². The van der Waals surface area contributed by atoms with Crippen molar-refractivity contribution < 1.29 is 4.79 Å². The molecular weight excluding hydrogens is 350 g/mol. The molecule has 1 aliphatic heterocycles. The summed E-state index contributed by atoms with van der Waals surface area (Å²) in [6.45, 7) is 3.77. The summed E-state index contributed by atoms with van der Waals surface area (Å²) >= 11 is 1.36. The SMILES string of the molecule is O=C(Cn1cnc2ccsc2c1=O)N1CCN(Cc2ccccn2)CC1. The van der Waals surface area contributed by atoms with Gasteiger partial charge in [0.05, 0.1) is 17.5 Å². The zero-order chi connectivity index (χ0) is 17.9. The third kappa shape index (κ3) is 3.51. The first-order chi connectivity index (χ1) is 12.7. The molecule has 0 bridgehead atoms. The van der Waals surface area contributed by atoms with Gasteiger partial charge in [-0.1, -0.05) is 6.07 Å². The Labute approximate surface area is 154 Å². The molecule has 4 rings (SSSR count). The smallest absolute Gasteiger partial charge is 0.271 e. The topological polar surface area (TPSA) is 71.3 Å². The highest BCUT2D eigenvalue weighted by Gasteiger charge is 2.22. The second kappa shape index (κ2) is 7.35. The lowest BCUT2D eigenvalue weighted by molar-refractivity contribution is -0.133. The van der Waals surface area contributed by atoms with Gasteiger partial charge in [-0.25, -0.2) is 4.98 Å². The van der Waals surface area contributed by atoms with Crippen LogP contribution in [-0.2, 0) is 17.9 Å². The Morgan fingerprint density at radius 1 is 1.12 bits per heavy atom. The number of hydrogen-bond donors (Lipinski definition) is 0. The van der Waals surface area contributed by atoms with Crippen LogP contribution >= 0.6 is 11.3 Å². The summed E-state index contributed by atoms with van der Waals surface area (Å²) < 4.78 is 2.00. The Morgan fingerprint density at radius 3 is 2.73 bits per heavy atom. The van der Waals surface area contributed by atoms with Gasteiger partial charge in [0.25, 0.3) is 5.56 Å². The predicted molar refractivity (Wildman–Crippen MR) is 100.0 cm³/mol. The summed E-state index contributed by atoms with van der Waals surface area (Å²) in [5.41, 5.74) is 1.58. The van der Waals surface area contributed by atoms with E-state index in [0.717, 1.165) is 25.3 Å². The molecule has 134 valence electrons. The molecule has 8 heteroatoms. The number of piperazine rings is 1. The molecule has 0 spiro atoms. The van der Waals surface area contributed by atoms with E-state index in [1.54, 1.807) is 6.20 Å². The summed E-state index contributed by atoms with van der Waals surface area (Å²) in [6, 6.07) is 7.72. The van der Waals surface area contributed by atoms with Gasteiger partial charge in [-0.2, -0.15) is 0 Å². The molecule has 1 saturated heterocycles. The van der Waals surface area contributed by atoms with Gasteiger partial charge in [-0.15, -0.1) is 11.3 Å². The van der Waals surface area contributed by atoms with Gasteiger partial charge in [0, 0.05) is 38.9 Å². The number of thiophene rings is 1. The minimum Gasteiger partial charge on any atom is -0.339 e. The third-order valence-electron chi connectivity index (χ3n) is 4.58. The molecule has 0 aliphatic carbocycles. The van der Waals surface area contributed by atoms with Crippen molar-refractivity contribution in [3.63, 3.8) is 0 Å². The number of amides is 1. The van der Waals surface area contributed by atoms with Gasteiger partial charge in [0.15, 0.2) is 0 Å². The fraction of sp³-hybridized carbons (Fsp3) is 0.333. The normalized spacial score (nSPS) is 15.5. The molecule has 4 heterocycles. The van der Waals surface area contributed by atoms with Crippen LogP contribution in [0.5, 0.6) is 0 Å². The maximum Gasteiger partial charge on any atom is 0.271 e. The minimum atomic E-state index is -0.146. The number of nitrogens with zero attached hydrogens (tertiary/aromatic N) is 5. The van der Waals surface area contributed by atoms with E-state index in [-0.39, 0.29) is 18.0 Å². The zero-order valence-electron chi connectivity index (χ0n) is 14.2. The Balaban J connectivity index is 1.36. The summed E-state index contributed by atoms with van der Waals surface area (Å²) in [5.74, 6) is -0.0395. The summed E-state index contributed by atoms with van der Waals surface area (Å²) in [6.07, 6.45) is 3.26. The fourth-order valence-corrected chi connectivity index (χ4v) is 3.91. The molecule has 0 atom stereocenters. The van der Waals surface area contributed by atoms with Crippen LogP contribution in [0.1, 0.15) is 5.69 Å². The Kier molecular flexibility index (Phi) is 4.77. The average molecular weight is 369 g/mol. The Bertz CT molecular complexity index is 960. The van der Waals surface area contributed by atoms with Crippen LogP contribution in [-0.4, -0.2) is 56.4 Å². The van der Waals surface area contributed by atoms with E-state index in [0.29, 0.717) is 23.3 Å². The molecule has 1 aliphatic rings. The largest absolute Gasteiger partial charge is 0.339 e. The average Bonchev–Trinajstić information content (AvgIpc) is 3.15. The maximum atomic E-state index is 12.6. The lowest BCUT2D eigenvalue weighted by Gasteiger charge is -2.34. The molecule has 0 aromatic carbocycles. The van der Waals surface area contributed by atoms with Gasteiger partial charge < -0.3 is 4.90 Å². The molecule has 3 aromatic heterocycles. The molecule has 0 saturated carbocycles. The van der Waals surface area contributed by atoms with Gasteiger partial charge in [-0.3, -0.25) is 24.0 Å². The number of rotatable bonds is 4. The summed E-state index contributed by atoms with van der Waals surface area (Å²) in [5, 5.41) is 1.84. The number of carbonyl (C=O) groups excluding carboxylic acids is 1. The molecule has 0 N–H and O–H groups in total. The van der Waals surface area contributed by atoms with Gasteiger partial charge in [0.1, 0.15) is 11.2 Å². The van der Waals surface area contributed by atoms with E-state index in [2.05, 4.69) is 14.9 Å². The van der Waals surface area contributed by atoms with Crippen LogP contribution < -0.4 is 5.56 Å². The van der Waals surface area contributed by atoms with E-state index in [1.807, 2.05) is 34.5 Å². The molecule has 7 nitrogen and oxygen atoms in total. The minimum absolute atomic E-state index is 0.0395. The first kappa shape index (κ1) is 16.9. The van der Waals surface area contributed by atoms with Crippen molar-refractivity contribution in [3.05, 3.63) is 58.2 Å². The maximum absolute atomic E-state index is 12.6. The number of fused-ring (bicyclic) bond motifs is 1. The molecule has 0 radical (unpaired) electrons. The number of carbonyl (C=O) groups is 1. The fourth-order valence-electron chi connectivity index (χ4n) is 3.11. The number of hydrogen-bond acceptors (Lipinski definition) is 6. The van der Waals surface area contributed by atoms with Crippen molar-refractivity contribution in [3.8, 4) is 0 Å². The molecule has 3 aromatic rings. The molecule has 0 unspecified atom stereocenters. The van der Waals surface area contributed by atoms with Gasteiger partial charge >= 0.3 is 0 Å². The van der Waals surface area contributed by atoms with Gasteiger partial charge in [-0.05, 0) is 23.6 Å². The lowest BCUT2D eigenvalue weighted by atomic mass is 10.2. The van der Waals surface area contributed by atoms with Crippen molar-refractivity contribution in [2.75, 3.05) is 26.2 Å². The van der Waals surface area contributed by atoms with Crippen molar-refractivity contribution in [2.24, 2.45) is 0 Å². The highest BCUT2D eigenvalue weighted by molar-refractivity contribution is 7.17. The predicted octanol–water partition coefficient (Wildman–Crippen LogP) is 1.20. The summed E-state index contributed by atoms with van der Waals surface area (Å²) in [4.78, 5) is 37.7. The van der Waals surface area contributed by atoms with E-state index in [4.69, 9.17) is 0 Å². The van der Waals surface area contributed by atoms with Crippen LogP contribution in [0.25, 0.3) is 10.2 Å².